The maximum absolute atomic E-state index is 12.5. The Kier molecular flexibility index (Phi) is 5.59. The number of phenolic OH excluding ortho intramolecular Hbond substituents is 1. The number of ether oxygens (including phenoxy) is 1. The number of phenols is 1. The van der Waals surface area contributed by atoms with E-state index in [9.17, 15) is 19.8 Å². The molecule has 2 rings (SSSR count). The number of carbonyl (C=O) groups excluding carboxylic acids is 1. The number of benzene rings is 1. The maximum Gasteiger partial charge on any atom is 0.408 e. The molecule has 0 spiro atoms. The number of nitrogens with zero attached hydrogens (tertiary/aromatic N) is 2. The fourth-order valence-corrected chi connectivity index (χ4v) is 2.63. The molecule has 0 bridgehead atoms. The molecule has 0 saturated carbocycles. The van der Waals surface area contributed by atoms with Crippen molar-refractivity contribution in [1.82, 2.24) is 9.88 Å². The van der Waals surface area contributed by atoms with E-state index in [1.165, 1.54) is 26.2 Å². The van der Waals surface area contributed by atoms with Crippen LogP contribution in [0, 0.1) is 0 Å². The monoisotopic (exact) mass is 344 g/mol. The summed E-state index contributed by atoms with van der Waals surface area (Å²) < 4.78 is 4.87. The average molecular weight is 344 g/mol. The normalized spacial score (nSPS) is 12.9. The molecule has 1 atom stereocenters. The van der Waals surface area contributed by atoms with Gasteiger partial charge in [-0.15, -0.1) is 0 Å². The van der Waals surface area contributed by atoms with Gasteiger partial charge in [-0.25, -0.2) is 9.59 Å². The molecule has 1 aromatic carbocycles. The molecular weight excluding hydrogens is 324 g/mol. The second kappa shape index (κ2) is 7.65. The molecule has 0 fully saturated rings. The van der Waals surface area contributed by atoms with E-state index < -0.39 is 17.6 Å². The van der Waals surface area contributed by atoms with Crippen LogP contribution in [-0.4, -0.2) is 44.8 Å². The highest BCUT2D eigenvalue weighted by Crippen LogP contribution is 2.26. The van der Waals surface area contributed by atoms with Crippen LogP contribution in [0.4, 0.5) is 4.79 Å². The van der Waals surface area contributed by atoms with E-state index in [1.54, 1.807) is 36.7 Å². The van der Waals surface area contributed by atoms with Gasteiger partial charge in [-0.1, -0.05) is 12.1 Å². The summed E-state index contributed by atoms with van der Waals surface area (Å²) in [7, 11) is 1.23. The number of pyridine rings is 1. The van der Waals surface area contributed by atoms with Crippen LogP contribution in [0.1, 0.15) is 18.1 Å². The number of rotatable bonds is 6. The molecule has 0 saturated heterocycles. The molecule has 1 heterocycles. The van der Waals surface area contributed by atoms with Gasteiger partial charge in [0.05, 0.1) is 13.7 Å². The molecule has 2 aromatic rings. The van der Waals surface area contributed by atoms with Crippen molar-refractivity contribution >= 4 is 12.1 Å². The number of hydrogen-bond acceptors (Lipinski definition) is 5. The lowest BCUT2D eigenvalue weighted by Crippen LogP contribution is -2.56. The van der Waals surface area contributed by atoms with Crippen molar-refractivity contribution in [3.05, 3.63) is 59.9 Å². The molecule has 0 aliphatic rings. The van der Waals surface area contributed by atoms with Gasteiger partial charge in [0, 0.05) is 18.8 Å². The lowest BCUT2D eigenvalue weighted by Gasteiger charge is -2.37. The van der Waals surface area contributed by atoms with Gasteiger partial charge in [0.1, 0.15) is 11.3 Å². The van der Waals surface area contributed by atoms with Crippen molar-refractivity contribution in [1.29, 1.82) is 0 Å². The summed E-state index contributed by atoms with van der Waals surface area (Å²) in [5.74, 6) is -0.563. The molecule has 0 aliphatic heterocycles. The molecule has 0 unspecified atom stereocenters. The maximum atomic E-state index is 12.5. The summed E-state index contributed by atoms with van der Waals surface area (Å²) >= 11 is 0. The molecule has 0 radical (unpaired) electrons. The van der Waals surface area contributed by atoms with Crippen LogP contribution in [0.2, 0.25) is 0 Å². The zero-order valence-electron chi connectivity index (χ0n) is 14.0. The van der Waals surface area contributed by atoms with Crippen LogP contribution in [-0.2, 0) is 22.5 Å². The Bertz CT molecular complexity index is 733. The van der Waals surface area contributed by atoms with Crippen LogP contribution in [0.25, 0.3) is 0 Å². The lowest BCUT2D eigenvalue weighted by molar-refractivity contribution is -0.153. The number of carbonyl (C=O) groups is 2. The smallest absolute Gasteiger partial charge is 0.408 e. The molecule has 0 aliphatic carbocycles. The van der Waals surface area contributed by atoms with Crippen molar-refractivity contribution in [3.63, 3.8) is 0 Å². The second-order valence-corrected chi connectivity index (χ2v) is 5.83. The van der Waals surface area contributed by atoms with Crippen LogP contribution >= 0.6 is 0 Å². The number of esters is 1. The van der Waals surface area contributed by atoms with E-state index in [2.05, 4.69) is 4.98 Å². The third-order valence-electron chi connectivity index (χ3n) is 4.03. The van der Waals surface area contributed by atoms with E-state index in [4.69, 9.17) is 4.74 Å². The number of aromatic hydroxyl groups is 1. The topological polar surface area (TPSA) is 100.0 Å². The Labute approximate surface area is 145 Å². The molecule has 7 nitrogen and oxygen atoms in total. The van der Waals surface area contributed by atoms with Gasteiger partial charge in [-0.3, -0.25) is 9.88 Å². The van der Waals surface area contributed by atoms with E-state index >= 15 is 0 Å². The Morgan fingerprint density at radius 1 is 1.12 bits per heavy atom. The summed E-state index contributed by atoms with van der Waals surface area (Å²) in [5, 5.41) is 19.1. The third-order valence-corrected chi connectivity index (χ3v) is 4.03. The first-order valence-electron chi connectivity index (χ1n) is 7.62. The Balaban J connectivity index is 2.38. The predicted octanol–water partition coefficient (Wildman–Crippen LogP) is 2.44. The Morgan fingerprint density at radius 2 is 1.72 bits per heavy atom. The summed E-state index contributed by atoms with van der Waals surface area (Å²) in [6.07, 6.45) is 2.00. The van der Waals surface area contributed by atoms with Crippen molar-refractivity contribution in [3.8, 4) is 5.75 Å². The molecular formula is C18H20N2O5. The highest BCUT2D eigenvalue weighted by atomic mass is 16.5. The minimum atomic E-state index is -1.43. The summed E-state index contributed by atoms with van der Waals surface area (Å²) in [6.45, 7) is 1.54. The first-order valence-corrected chi connectivity index (χ1v) is 7.62. The summed E-state index contributed by atoms with van der Waals surface area (Å²) in [5.41, 5.74) is -0.0224. The summed E-state index contributed by atoms with van der Waals surface area (Å²) in [4.78, 5) is 29.3. The van der Waals surface area contributed by atoms with Crippen LogP contribution in [0.5, 0.6) is 5.75 Å². The van der Waals surface area contributed by atoms with Gasteiger partial charge in [-0.2, -0.15) is 0 Å². The first kappa shape index (κ1) is 18.3. The van der Waals surface area contributed by atoms with Gasteiger partial charge < -0.3 is 14.9 Å². The van der Waals surface area contributed by atoms with Gasteiger partial charge in [0.25, 0.3) is 0 Å². The van der Waals surface area contributed by atoms with Crippen molar-refractivity contribution < 1.29 is 24.5 Å². The van der Waals surface area contributed by atoms with E-state index in [0.29, 0.717) is 11.1 Å². The van der Waals surface area contributed by atoms with Gasteiger partial charge in [-0.05, 0) is 42.3 Å². The highest BCUT2D eigenvalue weighted by molar-refractivity contribution is 5.85. The van der Waals surface area contributed by atoms with E-state index in [0.717, 1.165) is 4.90 Å². The molecule has 2 N–H and O–H groups in total. The SMILES string of the molecule is COC(=O)[C@](C)(Cc1ccc(O)cc1)N(Cc1ccncc1)C(=O)O. The zero-order valence-corrected chi connectivity index (χ0v) is 14.0. The number of carboxylic acid groups (broad SMARTS) is 1. The van der Waals surface area contributed by atoms with Crippen molar-refractivity contribution in [2.45, 2.75) is 25.4 Å². The van der Waals surface area contributed by atoms with Crippen LogP contribution < -0.4 is 0 Å². The number of amides is 1. The van der Waals surface area contributed by atoms with E-state index in [-0.39, 0.29) is 18.7 Å². The Hall–Kier alpha value is -3.09. The fourth-order valence-electron chi connectivity index (χ4n) is 2.63. The van der Waals surface area contributed by atoms with Crippen molar-refractivity contribution in [2.24, 2.45) is 0 Å². The summed E-state index contributed by atoms with van der Waals surface area (Å²) in [6, 6.07) is 9.64. The minimum absolute atomic E-state index is 0.0154. The molecule has 7 heteroatoms. The zero-order chi connectivity index (χ0) is 18.4. The van der Waals surface area contributed by atoms with Gasteiger partial charge >= 0.3 is 12.1 Å². The number of methoxy groups -OCH3 is 1. The standard InChI is InChI=1S/C18H20N2O5/c1-18(16(22)25-2,11-13-3-5-15(21)6-4-13)20(17(23)24)12-14-7-9-19-10-8-14/h3-10,21H,11-12H2,1-2H3,(H,23,24)/t18-/m0/s1. The van der Waals surface area contributed by atoms with Crippen LogP contribution in [0.15, 0.2) is 48.8 Å². The quantitative estimate of drug-likeness (QED) is 0.781. The van der Waals surface area contributed by atoms with Gasteiger partial charge in [0.2, 0.25) is 0 Å². The molecule has 132 valence electrons. The number of aromatic nitrogens is 1. The fraction of sp³-hybridized carbons (Fsp3) is 0.278. The second-order valence-electron chi connectivity index (χ2n) is 5.83. The lowest BCUT2D eigenvalue weighted by atomic mass is 9.90. The third kappa shape index (κ3) is 4.26. The molecule has 25 heavy (non-hydrogen) atoms. The average Bonchev–Trinajstić information content (AvgIpc) is 2.61. The predicted molar refractivity (Wildman–Crippen MR) is 90.0 cm³/mol. The van der Waals surface area contributed by atoms with Crippen molar-refractivity contribution in [2.75, 3.05) is 7.11 Å². The molecule has 1 amide bonds. The van der Waals surface area contributed by atoms with Crippen LogP contribution in [0.3, 0.4) is 0 Å². The highest BCUT2D eigenvalue weighted by Gasteiger charge is 2.43. The largest absolute Gasteiger partial charge is 0.508 e. The first-order chi connectivity index (χ1) is 11.9. The van der Waals surface area contributed by atoms with E-state index in [1.807, 2.05) is 0 Å². The van der Waals surface area contributed by atoms with Gasteiger partial charge in [0.15, 0.2) is 0 Å². The molecule has 1 aromatic heterocycles. The number of hydrogen-bond donors (Lipinski definition) is 2. The Morgan fingerprint density at radius 3 is 2.24 bits per heavy atom. The minimum Gasteiger partial charge on any atom is -0.508 e.